The highest BCUT2D eigenvalue weighted by Crippen LogP contribution is 2.13. The third kappa shape index (κ3) is 16.8. The lowest BCUT2D eigenvalue weighted by Gasteiger charge is -2.02. The van der Waals surface area contributed by atoms with Gasteiger partial charge in [0.1, 0.15) is 5.75 Å². The molecule has 1 amide bonds. The largest absolute Gasteiger partial charge is 0.497 e. The van der Waals surface area contributed by atoms with Crippen molar-refractivity contribution in [2.45, 2.75) is 48.1 Å². The van der Waals surface area contributed by atoms with E-state index < -0.39 is 0 Å². The van der Waals surface area contributed by atoms with Crippen LogP contribution in [0.1, 0.15) is 44.4 Å². The predicted octanol–water partition coefficient (Wildman–Crippen LogP) is 7.70. The topological polar surface area (TPSA) is 50.4 Å². The van der Waals surface area contributed by atoms with E-state index in [1.54, 1.807) is 18.9 Å². The molecule has 0 fully saturated rings. The van der Waals surface area contributed by atoms with Crippen molar-refractivity contribution in [3.8, 4) is 5.75 Å². The molecule has 188 valence electrons. The van der Waals surface area contributed by atoms with E-state index in [-0.39, 0.29) is 0 Å². The predicted molar refractivity (Wildman–Crippen MR) is 154 cm³/mol. The van der Waals surface area contributed by atoms with Gasteiger partial charge in [-0.3, -0.25) is 4.79 Å². The van der Waals surface area contributed by atoms with Crippen molar-refractivity contribution in [2.24, 2.45) is 0 Å². The van der Waals surface area contributed by atoms with Gasteiger partial charge < -0.3 is 15.4 Å². The average Bonchev–Trinajstić information content (AvgIpc) is 2.84. The molecule has 2 aromatic rings. The van der Waals surface area contributed by atoms with E-state index in [1.807, 2.05) is 78.1 Å². The summed E-state index contributed by atoms with van der Waals surface area (Å²) in [4.78, 5) is 10.1. The first-order chi connectivity index (χ1) is 16.3. The monoisotopic (exact) mass is 484 g/mol. The van der Waals surface area contributed by atoms with Crippen LogP contribution >= 0.6 is 11.8 Å². The first-order valence-corrected chi connectivity index (χ1v) is 12.4. The standard InChI is InChI=1S/C9H13NO.C9H11NO.C9H14S.C2H6/c1-10-7-8-3-5-9(11-2)6-4-8;1-7-3-4-9(10-6-11)5-8(7)2;1-5-6-10-7-9(4)8(2)3;1-2/h3-6,10H,7H2,1-2H3;3-6H,1-2H3,(H,10,11);5,7H,1-2,6H2,3-4H3;1-2H3/b;;9-7+;. The Hall–Kier alpha value is -2.76. The van der Waals surface area contributed by atoms with Crippen LogP contribution in [-0.2, 0) is 11.3 Å². The average molecular weight is 485 g/mol. The van der Waals surface area contributed by atoms with Crippen LogP contribution in [0.4, 0.5) is 5.69 Å². The van der Waals surface area contributed by atoms with Gasteiger partial charge in [-0.15, -0.1) is 18.3 Å². The molecule has 0 aliphatic heterocycles. The van der Waals surface area contributed by atoms with E-state index in [1.165, 1.54) is 22.3 Å². The highest BCUT2D eigenvalue weighted by molar-refractivity contribution is 8.02. The number of hydrogen-bond donors (Lipinski definition) is 2. The smallest absolute Gasteiger partial charge is 0.211 e. The number of aryl methyl sites for hydroxylation is 2. The summed E-state index contributed by atoms with van der Waals surface area (Å²) in [5.74, 6) is 1.88. The van der Waals surface area contributed by atoms with Gasteiger partial charge in [0.05, 0.1) is 7.11 Å². The van der Waals surface area contributed by atoms with E-state index in [0.717, 1.165) is 29.3 Å². The molecule has 34 heavy (non-hydrogen) atoms. The van der Waals surface area contributed by atoms with Crippen molar-refractivity contribution >= 4 is 23.9 Å². The summed E-state index contributed by atoms with van der Waals surface area (Å²) in [5.41, 5.74) is 6.94. The molecule has 2 aromatic carbocycles. The summed E-state index contributed by atoms with van der Waals surface area (Å²) in [5, 5.41) is 7.79. The molecule has 4 nitrogen and oxygen atoms in total. The number of rotatable bonds is 9. The van der Waals surface area contributed by atoms with E-state index in [9.17, 15) is 4.79 Å². The number of allylic oxidation sites excluding steroid dienone is 2. The number of hydrogen-bond acceptors (Lipinski definition) is 4. The van der Waals surface area contributed by atoms with Gasteiger partial charge in [-0.2, -0.15) is 0 Å². The third-order valence-electron chi connectivity index (χ3n) is 4.42. The van der Waals surface area contributed by atoms with Crippen molar-refractivity contribution in [1.82, 2.24) is 5.32 Å². The molecule has 0 atom stereocenters. The molecule has 0 radical (unpaired) electrons. The second-order valence-electron chi connectivity index (χ2n) is 7.14. The van der Waals surface area contributed by atoms with Crippen LogP contribution in [0.3, 0.4) is 0 Å². The van der Waals surface area contributed by atoms with E-state index in [0.29, 0.717) is 6.41 Å². The first kappa shape index (κ1) is 33.4. The summed E-state index contributed by atoms with van der Waals surface area (Å²) in [6, 6.07) is 13.9. The van der Waals surface area contributed by atoms with Gasteiger partial charge in [0.15, 0.2) is 0 Å². The molecule has 0 saturated heterocycles. The molecular weight excluding hydrogens is 440 g/mol. The number of ether oxygens (including phenoxy) is 1. The number of carbonyl (C=O) groups excluding carboxylic acids is 1. The van der Waals surface area contributed by atoms with Crippen molar-refractivity contribution in [3.63, 3.8) is 0 Å². The van der Waals surface area contributed by atoms with Crippen LogP contribution in [0.25, 0.3) is 0 Å². The number of thioether (sulfide) groups is 1. The van der Waals surface area contributed by atoms with Gasteiger partial charge in [0.2, 0.25) is 6.41 Å². The summed E-state index contributed by atoms with van der Waals surface area (Å²) in [6.45, 7) is 20.5. The van der Waals surface area contributed by atoms with Gasteiger partial charge in [-0.25, -0.2) is 0 Å². The Labute approximate surface area is 212 Å². The molecule has 0 unspecified atom stereocenters. The van der Waals surface area contributed by atoms with Crippen LogP contribution in [-0.4, -0.2) is 26.3 Å². The minimum absolute atomic E-state index is 0.685. The molecule has 0 aliphatic carbocycles. The van der Waals surface area contributed by atoms with Crippen LogP contribution in [0, 0.1) is 13.8 Å². The minimum Gasteiger partial charge on any atom is -0.497 e. The molecule has 0 heterocycles. The lowest BCUT2D eigenvalue weighted by atomic mass is 10.1. The number of anilines is 1. The lowest BCUT2D eigenvalue weighted by Crippen LogP contribution is -2.04. The third-order valence-corrected chi connectivity index (χ3v) is 5.37. The highest BCUT2D eigenvalue weighted by atomic mass is 32.2. The fourth-order valence-corrected chi connectivity index (χ4v) is 2.87. The van der Waals surface area contributed by atoms with Gasteiger partial charge in [-0.05, 0) is 86.7 Å². The molecule has 2 rings (SSSR count). The summed E-state index contributed by atoms with van der Waals surface area (Å²) >= 11 is 1.75. The van der Waals surface area contributed by atoms with Crippen LogP contribution in [0.5, 0.6) is 5.75 Å². The van der Waals surface area contributed by atoms with Gasteiger partial charge in [-0.1, -0.05) is 50.3 Å². The van der Waals surface area contributed by atoms with Gasteiger partial charge in [0, 0.05) is 18.0 Å². The number of benzene rings is 2. The SMILES string of the molecule is C=CCS/C=C(\C)C(=C)C.CC.CNCc1ccc(OC)cc1.Cc1ccc(NC=O)cc1C. The molecule has 0 aliphatic rings. The Morgan fingerprint density at radius 1 is 1.06 bits per heavy atom. The summed E-state index contributed by atoms with van der Waals surface area (Å²) < 4.78 is 5.03. The Kier molecular flexibility index (Phi) is 21.7. The zero-order valence-corrected chi connectivity index (χ0v) is 23.1. The van der Waals surface area contributed by atoms with Crippen LogP contribution in [0.15, 0.2) is 78.3 Å². The number of methoxy groups -OCH3 is 1. The molecular formula is C29H44N2O2S. The Morgan fingerprint density at radius 3 is 2.12 bits per heavy atom. The molecule has 0 saturated carbocycles. The number of amides is 1. The number of nitrogens with one attached hydrogen (secondary N) is 2. The highest BCUT2D eigenvalue weighted by Gasteiger charge is 1.93. The molecule has 5 heteroatoms. The molecule has 0 aromatic heterocycles. The van der Waals surface area contributed by atoms with E-state index in [4.69, 9.17) is 4.74 Å². The van der Waals surface area contributed by atoms with Crippen molar-refractivity contribution < 1.29 is 9.53 Å². The summed E-state index contributed by atoms with van der Waals surface area (Å²) in [6.07, 6.45) is 2.58. The zero-order valence-electron chi connectivity index (χ0n) is 22.3. The van der Waals surface area contributed by atoms with E-state index in [2.05, 4.69) is 48.3 Å². The Morgan fingerprint density at radius 2 is 1.68 bits per heavy atom. The van der Waals surface area contributed by atoms with Gasteiger partial charge >= 0.3 is 0 Å². The van der Waals surface area contributed by atoms with Crippen molar-refractivity contribution in [3.05, 3.63) is 94.9 Å². The maximum atomic E-state index is 10.1. The Balaban J connectivity index is 0. The Bertz CT molecular complexity index is 859. The van der Waals surface area contributed by atoms with Crippen LogP contribution < -0.4 is 15.4 Å². The summed E-state index contributed by atoms with van der Waals surface area (Å²) in [7, 11) is 3.61. The van der Waals surface area contributed by atoms with Crippen molar-refractivity contribution in [1.29, 1.82) is 0 Å². The second kappa shape index (κ2) is 22.1. The van der Waals surface area contributed by atoms with Crippen LogP contribution in [0.2, 0.25) is 0 Å². The molecule has 0 bridgehead atoms. The van der Waals surface area contributed by atoms with Gasteiger partial charge in [0.25, 0.3) is 0 Å². The van der Waals surface area contributed by atoms with E-state index >= 15 is 0 Å². The number of carbonyl (C=O) groups is 1. The van der Waals surface area contributed by atoms with Crippen molar-refractivity contribution in [2.75, 3.05) is 25.2 Å². The fourth-order valence-electron chi connectivity index (χ4n) is 2.19. The fraction of sp³-hybridized carbons (Fsp3) is 0.345. The molecule has 0 spiro atoms. The maximum Gasteiger partial charge on any atom is 0.211 e. The zero-order chi connectivity index (χ0) is 26.4. The molecule has 2 N–H and O–H groups in total. The normalized spacial score (nSPS) is 9.59. The quantitative estimate of drug-likeness (QED) is 0.166. The minimum atomic E-state index is 0.685. The lowest BCUT2D eigenvalue weighted by molar-refractivity contribution is -0.105. The maximum absolute atomic E-state index is 10.1. The second-order valence-corrected chi connectivity index (χ2v) is 8.05. The first-order valence-electron chi connectivity index (χ1n) is 11.4.